The third-order valence-corrected chi connectivity index (χ3v) is 3.30. The zero-order valence-corrected chi connectivity index (χ0v) is 12.0. The summed E-state index contributed by atoms with van der Waals surface area (Å²) < 4.78 is 0. The highest BCUT2D eigenvalue weighted by atomic mass is 35.5. The van der Waals surface area contributed by atoms with Crippen LogP contribution in [0.4, 0.5) is 4.79 Å². The van der Waals surface area contributed by atoms with Gasteiger partial charge in [-0.05, 0) is 37.1 Å². The van der Waals surface area contributed by atoms with Crippen LogP contribution in [0.3, 0.4) is 0 Å². The van der Waals surface area contributed by atoms with Crippen LogP contribution in [-0.4, -0.2) is 35.3 Å². The number of H-pyrrole nitrogens is 1. The first-order valence-corrected chi connectivity index (χ1v) is 6.88. The van der Waals surface area contributed by atoms with E-state index in [9.17, 15) is 4.79 Å². The summed E-state index contributed by atoms with van der Waals surface area (Å²) in [5.74, 6) is 0. The van der Waals surface area contributed by atoms with Crippen LogP contribution >= 0.6 is 11.6 Å². The maximum absolute atomic E-state index is 11.5. The molecule has 0 aliphatic heterocycles. The van der Waals surface area contributed by atoms with Gasteiger partial charge in [-0.1, -0.05) is 11.6 Å². The van der Waals surface area contributed by atoms with Crippen LogP contribution in [0.25, 0.3) is 10.9 Å². The Kier molecular flexibility index (Phi) is 4.87. The molecule has 0 saturated heterocycles. The van der Waals surface area contributed by atoms with Crippen molar-refractivity contribution in [1.29, 1.82) is 0 Å². The van der Waals surface area contributed by atoms with Crippen LogP contribution in [0.15, 0.2) is 24.4 Å². The number of aliphatic hydroxyl groups excluding tert-OH is 1. The molecule has 5 nitrogen and oxygen atoms in total. The van der Waals surface area contributed by atoms with Gasteiger partial charge >= 0.3 is 6.03 Å². The Morgan fingerprint density at radius 3 is 3.05 bits per heavy atom. The van der Waals surface area contributed by atoms with E-state index in [1.165, 1.54) is 0 Å². The molecule has 0 spiro atoms. The molecule has 1 aromatic carbocycles. The quantitative estimate of drug-likeness (QED) is 0.681. The number of carbonyl (C=O) groups is 1. The Labute approximate surface area is 122 Å². The van der Waals surface area contributed by atoms with Gasteiger partial charge in [-0.3, -0.25) is 0 Å². The summed E-state index contributed by atoms with van der Waals surface area (Å²) in [6, 6.07) is 5.17. The second-order valence-electron chi connectivity index (χ2n) is 4.74. The summed E-state index contributed by atoms with van der Waals surface area (Å²) in [6.45, 7) is 2.18. The van der Waals surface area contributed by atoms with Crippen molar-refractivity contribution in [3.8, 4) is 0 Å². The van der Waals surface area contributed by atoms with Gasteiger partial charge in [0.05, 0.1) is 12.6 Å². The predicted octanol–water partition coefficient (Wildman–Crippen LogP) is 2.04. The standard InChI is InChI=1S/C14H18ClN3O2/c1-9(8-19)18-14(20)16-5-4-10-7-17-13-3-2-11(15)6-12(10)13/h2-3,6-7,9,17,19H,4-5,8H2,1H3,(H2,16,18,20)/t9-/m0/s1. The molecule has 108 valence electrons. The highest BCUT2D eigenvalue weighted by molar-refractivity contribution is 6.31. The Morgan fingerprint density at radius 2 is 2.30 bits per heavy atom. The predicted molar refractivity (Wildman–Crippen MR) is 80.1 cm³/mol. The van der Waals surface area contributed by atoms with Crippen molar-refractivity contribution in [3.63, 3.8) is 0 Å². The normalized spacial score (nSPS) is 12.3. The number of carbonyl (C=O) groups excluding carboxylic acids is 1. The molecule has 20 heavy (non-hydrogen) atoms. The van der Waals surface area contributed by atoms with E-state index < -0.39 is 0 Å². The highest BCUT2D eigenvalue weighted by Crippen LogP contribution is 2.22. The van der Waals surface area contributed by atoms with Gasteiger partial charge < -0.3 is 20.7 Å². The lowest BCUT2D eigenvalue weighted by Crippen LogP contribution is -2.42. The lowest BCUT2D eigenvalue weighted by Gasteiger charge is -2.11. The van der Waals surface area contributed by atoms with E-state index in [2.05, 4.69) is 15.6 Å². The van der Waals surface area contributed by atoms with Crippen LogP contribution in [0, 0.1) is 0 Å². The van der Waals surface area contributed by atoms with E-state index in [1.54, 1.807) is 6.92 Å². The number of aliphatic hydroxyl groups is 1. The van der Waals surface area contributed by atoms with Crippen molar-refractivity contribution in [1.82, 2.24) is 15.6 Å². The molecule has 0 aliphatic rings. The molecule has 0 radical (unpaired) electrons. The molecule has 0 fully saturated rings. The van der Waals surface area contributed by atoms with E-state index in [-0.39, 0.29) is 18.7 Å². The molecule has 2 aromatic rings. The maximum Gasteiger partial charge on any atom is 0.315 e. The van der Waals surface area contributed by atoms with Crippen LogP contribution < -0.4 is 10.6 Å². The maximum atomic E-state index is 11.5. The highest BCUT2D eigenvalue weighted by Gasteiger charge is 2.07. The average molecular weight is 296 g/mol. The number of amides is 2. The lowest BCUT2D eigenvalue weighted by atomic mass is 10.1. The van der Waals surface area contributed by atoms with Crippen molar-refractivity contribution in [2.75, 3.05) is 13.2 Å². The molecule has 2 rings (SSSR count). The number of aromatic nitrogens is 1. The first-order valence-electron chi connectivity index (χ1n) is 6.51. The average Bonchev–Trinajstić information content (AvgIpc) is 2.81. The van der Waals surface area contributed by atoms with Crippen LogP contribution in [0.2, 0.25) is 5.02 Å². The van der Waals surface area contributed by atoms with E-state index in [0.29, 0.717) is 18.0 Å². The minimum Gasteiger partial charge on any atom is -0.394 e. The summed E-state index contributed by atoms with van der Waals surface area (Å²) in [5, 5.41) is 16.0. The zero-order chi connectivity index (χ0) is 14.5. The van der Waals surface area contributed by atoms with Crippen molar-refractivity contribution in [2.24, 2.45) is 0 Å². The number of nitrogens with one attached hydrogen (secondary N) is 3. The van der Waals surface area contributed by atoms with Crippen molar-refractivity contribution >= 4 is 28.5 Å². The number of fused-ring (bicyclic) bond motifs is 1. The molecule has 1 heterocycles. The van der Waals surface area contributed by atoms with E-state index >= 15 is 0 Å². The van der Waals surface area contributed by atoms with E-state index in [4.69, 9.17) is 16.7 Å². The Morgan fingerprint density at radius 1 is 1.50 bits per heavy atom. The number of rotatable bonds is 5. The topological polar surface area (TPSA) is 77.2 Å². The van der Waals surface area contributed by atoms with Crippen molar-refractivity contribution < 1.29 is 9.90 Å². The van der Waals surface area contributed by atoms with Gasteiger partial charge in [0.15, 0.2) is 0 Å². The van der Waals surface area contributed by atoms with Gasteiger partial charge in [0, 0.05) is 28.7 Å². The smallest absolute Gasteiger partial charge is 0.315 e. The first kappa shape index (κ1) is 14.7. The summed E-state index contributed by atoms with van der Waals surface area (Å²) in [5.41, 5.74) is 2.14. The fraction of sp³-hybridized carbons (Fsp3) is 0.357. The number of hydrogen-bond acceptors (Lipinski definition) is 2. The Balaban J connectivity index is 1.90. The third kappa shape index (κ3) is 3.65. The molecule has 0 saturated carbocycles. The largest absolute Gasteiger partial charge is 0.394 e. The first-order chi connectivity index (χ1) is 9.60. The fourth-order valence-corrected chi connectivity index (χ4v) is 2.16. The fourth-order valence-electron chi connectivity index (χ4n) is 1.99. The van der Waals surface area contributed by atoms with Crippen LogP contribution in [-0.2, 0) is 6.42 Å². The van der Waals surface area contributed by atoms with E-state index in [1.807, 2.05) is 24.4 Å². The SMILES string of the molecule is C[C@@H](CO)NC(=O)NCCc1c[nH]c2ccc(Cl)cc12. The molecule has 6 heteroatoms. The summed E-state index contributed by atoms with van der Waals surface area (Å²) in [7, 11) is 0. The molecule has 0 unspecified atom stereocenters. The molecule has 1 aromatic heterocycles. The summed E-state index contributed by atoms with van der Waals surface area (Å²) in [6.07, 6.45) is 2.64. The van der Waals surface area contributed by atoms with Crippen molar-refractivity contribution in [3.05, 3.63) is 35.0 Å². The number of urea groups is 1. The second kappa shape index (κ2) is 6.63. The summed E-state index contributed by atoms with van der Waals surface area (Å²) in [4.78, 5) is 14.7. The van der Waals surface area contributed by atoms with Gasteiger partial charge in [-0.2, -0.15) is 0 Å². The van der Waals surface area contributed by atoms with Gasteiger partial charge in [0.25, 0.3) is 0 Å². The Hall–Kier alpha value is -1.72. The monoisotopic (exact) mass is 295 g/mol. The molecule has 4 N–H and O–H groups in total. The van der Waals surface area contributed by atoms with Gasteiger partial charge in [0.1, 0.15) is 0 Å². The molecule has 2 amide bonds. The number of halogens is 1. The third-order valence-electron chi connectivity index (χ3n) is 3.06. The van der Waals surface area contributed by atoms with Crippen molar-refractivity contribution in [2.45, 2.75) is 19.4 Å². The number of benzene rings is 1. The minimum absolute atomic E-state index is 0.0750. The molecular formula is C14H18ClN3O2. The molecule has 0 aliphatic carbocycles. The number of hydrogen-bond donors (Lipinski definition) is 4. The minimum atomic E-state index is -0.274. The van der Waals surface area contributed by atoms with Crippen LogP contribution in [0.1, 0.15) is 12.5 Å². The molecule has 0 bridgehead atoms. The van der Waals surface area contributed by atoms with Crippen LogP contribution in [0.5, 0.6) is 0 Å². The van der Waals surface area contributed by atoms with Gasteiger partial charge in [-0.15, -0.1) is 0 Å². The van der Waals surface area contributed by atoms with Gasteiger partial charge in [-0.25, -0.2) is 4.79 Å². The van der Waals surface area contributed by atoms with E-state index in [0.717, 1.165) is 16.5 Å². The number of aromatic amines is 1. The lowest BCUT2D eigenvalue weighted by molar-refractivity contribution is 0.220. The molecule has 1 atom stereocenters. The molecular weight excluding hydrogens is 278 g/mol. The Bertz CT molecular complexity index is 597. The van der Waals surface area contributed by atoms with Gasteiger partial charge in [0.2, 0.25) is 0 Å². The zero-order valence-electron chi connectivity index (χ0n) is 11.2. The second-order valence-corrected chi connectivity index (χ2v) is 5.17. The summed E-state index contributed by atoms with van der Waals surface area (Å²) >= 11 is 5.99.